The highest BCUT2D eigenvalue weighted by Gasteiger charge is 2.35. The summed E-state index contributed by atoms with van der Waals surface area (Å²) in [4.78, 5) is 14.3. The third kappa shape index (κ3) is 8.93. The van der Waals surface area contributed by atoms with Crippen molar-refractivity contribution in [3.8, 4) is 123 Å². The lowest BCUT2D eigenvalue weighted by Crippen LogP contribution is -2.14. The highest BCUT2D eigenvalue weighted by atomic mass is 14.7. The Bertz CT molecular complexity index is 4110. The Labute approximate surface area is 458 Å². The van der Waals surface area contributed by atoms with Gasteiger partial charge in [0.15, 0.2) is 0 Å². The maximum atomic E-state index is 4.89. The maximum absolute atomic E-state index is 4.89. The number of aromatic nitrogens is 3. The summed E-state index contributed by atoms with van der Waals surface area (Å²) >= 11 is 0. The third-order valence-electron chi connectivity index (χ3n) is 15.9. The summed E-state index contributed by atoms with van der Waals surface area (Å²) in [5.41, 5.74) is 31.1. The smallest absolute Gasteiger partial charge is 0.0704 e. The molecule has 3 nitrogen and oxygen atoms in total. The van der Waals surface area contributed by atoms with Crippen molar-refractivity contribution in [1.29, 1.82) is 0 Å². The predicted molar refractivity (Wildman–Crippen MR) is 326 cm³/mol. The van der Waals surface area contributed by atoms with E-state index in [4.69, 9.17) is 15.0 Å². The lowest BCUT2D eigenvalue weighted by molar-refractivity contribution is 0.660. The second-order valence-corrected chi connectivity index (χ2v) is 21.4. The van der Waals surface area contributed by atoms with Crippen LogP contribution in [0.15, 0.2) is 255 Å². The molecule has 0 unspecified atom stereocenters. The molecule has 78 heavy (non-hydrogen) atoms. The van der Waals surface area contributed by atoms with Crippen LogP contribution in [0.2, 0.25) is 0 Å². The van der Waals surface area contributed by atoms with E-state index < -0.39 is 0 Å². The van der Waals surface area contributed by atoms with Crippen LogP contribution in [0.5, 0.6) is 0 Å². The molecule has 0 amide bonds. The van der Waals surface area contributed by atoms with E-state index in [0.29, 0.717) is 0 Å². The first kappa shape index (κ1) is 48.1. The average Bonchev–Trinajstić information content (AvgIpc) is 3.72. The van der Waals surface area contributed by atoms with Crippen LogP contribution in [-0.2, 0) is 5.41 Å². The lowest BCUT2D eigenvalue weighted by Gasteiger charge is -2.23. The molecular weight excluding hydrogens is 943 g/mol. The minimum atomic E-state index is -0.153. The van der Waals surface area contributed by atoms with Gasteiger partial charge in [-0.3, -0.25) is 15.0 Å². The molecule has 0 bridgehead atoms. The summed E-state index contributed by atoms with van der Waals surface area (Å²) in [6.45, 7) is 11.1. The van der Waals surface area contributed by atoms with Gasteiger partial charge in [0.25, 0.3) is 0 Å². The highest BCUT2D eigenvalue weighted by molar-refractivity contribution is 5.98. The van der Waals surface area contributed by atoms with Gasteiger partial charge in [0.05, 0.1) is 17.1 Å². The Balaban J connectivity index is 0.997. The first-order valence-corrected chi connectivity index (χ1v) is 27.0. The minimum Gasteiger partial charge on any atom is -0.256 e. The molecule has 0 aliphatic heterocycles. The molecule has 0 atom stereocenters. The molecule has 0 fully saturated rings. The van der Waals surface area contributed by atoms with Crippen LogP contribution in [0.1, 0.15) is 41.7 Å². The van der Waals surface area contributed by atoms with Crippen molar-refractivity contribution in [2.75, 3.05) is 0 Å². The molecule has 13 rings (SSSR count). The number of nitrogens with zero attached hydrogens (tertiary/aromatic N) is 3. The van der Waals surface area contributed by atoms with Crippen LogP contribution in [-0.4, -0.2) is 15.0 Å². The van der Waals surface area contributed by atoms with Crippen LogP contribution in [0.25, 0.3) is 123 Å². The summed E-state index contributed by atoms with van der Waals surface area (Å²) in [7, 11) is 0. The Morgan fingerprint density at radius 3 is 1.04 bits per heavy atom. The van der Waals surface area contributed by atoms with E-state index in [-0.39, 0.29) is 5.41 Å². The number of pyridine rings is 3. The summed E-state index contributed by atoms with van der Waals surface area (Å²) < 4.78 is 0. The number of benzene rings is 9. The average molecular weight is 1000 g/mol. The van der Waals surface area contributed by atoms with E-state index in [0.717, 1.165) is 101 Å². The quantitative estimate of drug-likeness (QED) is 0.137. The van der Waals surface area contributed by atoms with E-state index in [1.807, 2.05) is 30.7 Å². The zero-order valence-corrected chi connectivity index (χ0v) is 44.6. The second-order valence-electron chi connectivity index (χ2n) is 21.4. The van der Waals surface area contributed by atoms with Gasteiger partial charge in [-0.2, -0.15) is 0 Å². The first-order chi connectivity index (χ1) is 38.1. The standard InChI is InChI=1S/C75H57N3/c1-48-34-37-76-72(40-48)53-26-22-51(23-27-53)60-14-6-8-16-62(60)57-43-58(63-17-9-7-15-61(63)52-24-28-54(29-25-52)73-41-49(2)35-38-77-73)45-59(44-57)64-18-10-11-19-65(64)66-32-31-56(74-42-50(3)36-39-78-74)46-69(66)55-30-33-68-67-20-12-13-21-70(67)75(4,5)71(68)47-55/h6-47H,1-5H3. The molecule has 3 heterocycles. The number of hydrogen-bond donors (Lipinski definition) is 0. The Morgan fingerprint density at radius 1 is 0.231 bits per heavy atom. The summed E-state index contributed by atoms with van der Waals surface area (Å²) in [6, 6.07) is 87.1. The monoisotopic (exact) mass is 999 g/mol. The van der Waals surface area contributed by atoms with Gasteiger partial charge < -0.3 is 0 Å². The molecular formula is C75H57N3. The van der Waals surface area contributed by atoms with Crippen molar-refractivity contribution in [1.82, 2.24) is 15.0 Å². The van der Waals surface area contributed by atoms with Crippen LogP contribution >= 0.6 is 0 Å². The van der Waals surface area contributed by atoms with Gasteiger partial charge in [-0.15, -0.1) is 0 Å². The number of fused-ring (bicyclic) bond motifs is 3. The largest absolute Gasteiger partial charge is 0.256 e. The number of aryl methyl sites for hydroxylation is 3. The normalized spacial score (nSPS) is 12.3. The molecule has 3 aromatic heterocycles. The van der Waals surface area contributed by atoms with Gasteiger partial charge in [0.2, 0.25) is 0 Å². The first-order valence-electron chi connectivity index (χ1n) is 27.0. The second kappa shape index (κ2) is 19.9. The molecule has 9 aromatic carbocycles. The van der Waals surface area contributed by atoms with Gasteiger partial charge in [-0.1, -0.05) is 184 Å². The molecule has 0 spiro atoms. The van der Waals surface area contributed by atoms with E-state index in [2.05, 4.69) is 259 Å². The summed E-state index contributed by atoms with van der Waals surface area (Å²) in [5, 5.41) is 0. The van der Waals surface area contributed by atoms with E-state index in [1.54, 1.807) is 0 Å². The van der Waals surface area contributed by atoms with Crippen LogP contribution in [0.3, 0.4) is 0 Å². The maximum Gasteiger partial charge on any atom is 0.0704 e. The summed E-state index contributed by atoms with van der Waals surface area (Å²) in [5.74, 6) is 0. The fourth-order valence-electron chi connectivity index (χ4n) is 11.8. The molecule has 1 aliphatic rings. The predicted octanol–water partition coefficient (Wildman–Crippen LogP) is 19.8. The summed E-state index contributed by atoms with van der Waals surface area (Å²) in [6.07, 6.45) is 5.69. The van der Waals surface area contributed by atoms with E-state index in [9.17, 15) is 0 Å². The fraction of sp³-hybridized carbons (Fsp3) is 0.0800. The fourth-order valence-corrected chi connectivity index (χ4v) is 11.8. The van der Waals surface area contributed by atoms with Crippen LogP contribution < -0.4 is 0 Å². The Morgan fingerprint density at radius 2 is 0.564 bits per heavy atom. The topological polar surface area (TPSA) is 38.7 Å². The number of hydrogen-bond acceptors (Lipinski definition) is 3. The van der Waals surface area contributed by atoms with E-state index >= 15 is 0 Å². The minimum absolute atomic E-state index is 0.153. The van der Waals surface area contributed by atoms with Gasteiger partial charge in [-0.05, 0) is 204 Å². The zero-order chi connectivity index (χ0) is 52.9. The van der Waals surface area contributed by atoms with Crippen LogP contribution in [0.4, 0.5) is 0 Å². The van der Waals surface area contributed by atoms with Gasteiger partial charge in [-0.25, -0.2) is 0 Å². The molecule has 1 aliphatic carbocycles. The zero-order valence-electron chi connectivity index (χ0n) is 44.6. The lowest BCUT2D eigenvalue weighted by atomic mass is 9.80. The molecule has 12 aromatic rings. The molecule has 372 valence electrons. The van der Waals surface area contributed by atoms with Crippen LogP contribution in [0, 0.1) is 20.8 Å². The number of rotatable bonds is 10. The Kier molecular flexibility index (Phi) is 12.2. The van der Waals surface area contributed by atoms with Crippen molar-refractivity contribution in [2.45, 2.75) is 40.0 Å². The molecule has 3 heteroatoms. The molecule has 0 saturated heterocycles. The van der Waals surface area contributed by atoms with Crippen molar-refractivity contribution in [2.24, 2.45) is 0 Å². The van der Waals surface area contributed by atoms with Crippen molar-refractivity contribution < 1.29 is 0 Å². The molecule has 0 N–H and O–H groups in total. The van der Waals surface area contributed by atoms with Gasteiger partial charge >= 0.3 is 0 Å². The molecule has 0 radical (unpaired) electrons. The molecule has 0 saturated carbocycles. The highest BCUT2D eigenvalue weighted by Crippen LogP contribution is 2.51. The Hall–Kier alpha value is -9.57. The van der Waals surface area contributed by atoms with Gasteiger partial charge in [0, 0.05) is 40.7 Å². The van der Waals surface area contributed by atoms with Gasteiger partial charge in [0.1, 0.15) is 0 Å². The third-order valence-corrected chi connectivity index (χ3v) is 15.9. The van der Waals surface area contributed by atoms with Crippen molar-refractivity contribution in [3.05, 3.63) is 283 Å². The SMILES string of the molecule is Cc1ccnc(-c2ccc(-c3ccccc3-c3cc(-c4ccccc4-c4ccc(-c5cc(C)ccn5)cc4)cc(-c4ccccc4-c4ccc(-c5cc(C)ccn5)cc4-c4ccc5c(c4)C(C)(C)c4ccccc4-5)c3)cc2)c1. The van der Waals surface area contributed by atoms with Crippen molar-refractivity contribution >= 4 is 0 Å². The van der Waals surface area contributed by atoms with E-state index in [1.165, 1.54) is 50.1 Å². The van der Waals surface area contributed by atoms with Crippen molar-refractivity contribution in [3.63, 3.8) is 0 Å².